The second kappa shape index (κ2) is 14.3. The molecule has 1 aromatic heterocycles. The van der Waals surface area contributed by atoms with Gasteiger partial charge < -0.3 is 30.1 Å². The van der Waals surface area contributed by atoms with Crippen molar-refractivity contribution in [2.24, 2.45) is 0 Å². The van der Waals surface area contributed by atoms with Crippen LogP contribution in [0.15, 0.2) is 17.2 Å². The first kappa shape index (κ1) is 25.2. The first-order valence-corrected chi connectivity index (χ1v) is 8.33. The zero-order valence-corrected chi connectivity index (χ0v) is 15.9. The van der Waals surface area contributed by atoms with Crippen molar-refractivity contribution in [2.75, 3.05) is 53.4 Å². The number of carboxylic acid groups (broad SMARTS) is 2. The molecule has 2 rings (SSSR count). The number of aliphatic hydroxyl groups is 1. The normalized spacial score (nSPS) is 14.8. The Balaban J connectivity index is 0.00000108. The quantitative estimate of drug-likeness (QED) is 0.399. The molecule has 12 heteroatoms. The standard InChI is InChI=1S/C14H23N5O3.2CH2O2/c1-17(2)9-11(20)10-18-3-5-19(6-4-18)14(22)12-7-15-8-13(21)16-12;2*2-1-3/h7-8,11,20H,3-6,9-10H2,1-2H3,(H,16,21);2*1H,(H,2,3). The molecule has 1 amide bonds. The van der Waals surface area contributed by atoms with Crippen LogP contribution >= 0.6 is 0 Å². The Labute approximate surface area is 162 Å². The number of aliphatic hydroxyl groups excluding tert-OH is 1. The molecule has 1 aliphatic rings. The fraction of sp³-hybridized carbons (Fsp3) is 0.562. The molecule has 1 unspecified atom stereocenters. The van der Waals surface area contributed by atoms with E-state index >= 15 is 0 Å². The van der Waals surface area contributed by atoms with Gasteiger partial charge in [-0.2, -0.15) is 0 Å². The number of nitrogens with one attached hydrogen (secondary N) is 1. The van der Waals surface area contributed by atoms with Crippen molar-refractivity contribution >= 4 is 18.9 Å². The predicted octanol–water partition coefficient (Wildman–Crippen LogP) is -2.15. The van der Waals surface area contributed by atoms with Gasteiger partial charge in [0.1, 0.15) is 5.69 Å². The number of nitrogens with zero attached hydrogens (tertiary/aromatic N) is 4. The highest BCUT2D eigenvalue weighted by Gasteiger charge is 2.24. The van der Waals surface area contributed by atoms with E-state index in [1.54, 1.807) is 4.90 Å². The lowest BCUT2D eigenvalue weighted by Crippen LogP contribution is -2.51. The number of aromatic amines is 1. The molecule has 0 saturated carbocycles. The smallest absolute Gasteiger partial charge is 0.290 e. The van der Waals surface area contributed by atoms with Crippen LogP contribution in [0, 0.1) is 0 Å². The number of rotatable bonds is 5. The van der Waals surface area contributed by atoms with Gasteiger partial charge in [0, 0.05) is 39.3 Å². The van der Waals surface area contributed by atoms with Crippen molar-refractivity contribution in [1.82, 2.24) is 24.7 Å². The van der Waals surface area contributed by atoms with Crippen LogP contribution in [-0.4, -0.2) is 118 Å². The van der Waals surface area contributed by atoms with Crippen molar-refractivity contribution in [3.8, 4) is 0 Å². The van der Waals surface area contributed by atoms with Crippen molar-refractivity contribution < 1.29 is 29.7 Å². The number of H-pyrrole nitrogens is 1. The second-order valence-corrected chi connectivity index (χ2v) is 6.03. The molecule has 0 spiro atoms. The molecule has 0 bridgehead atoms. The number of likely N-dealkylation sites (N-methyl/N-ethyl adjacent to an activating group) is 1. The molecule has 0 aliphatic carbocycles. The van der Waals surface area contributed by atoms with Gasteiger partial charge in [0.25, 0.3) is 24.4 Å². The maximum absolute atomic E-state index is 12.3. The van der Waals surface area contributed by atoms with Gasteiger partial charge in [-0.15, -0.1) is 0 Å². The van der Waals surface area contributed by atoms with Crippen LogP contribution in [0.25, 0.3) is 0 Å². The minimum atomic E-state index is -0.396. The third-order valence-corrected chi connectivity index (χ3v) is 3.59. The zero-order valence-electron chi connectivity index (χ0n) is 15.9. The summed E-state index contributed by atoms with van der Waals surface area (Å²) in [5.74, 6) is -0.210. The summed E-state index contributed by atoms with van der Waals surface area (Å²) < 4.78 is 0. The minimum absolute atomic E-state index is 0.210. The lowest BCUT2D eigenvalue weighted by Gasteiger charge is -2.35. The van der Waals surface area contributed by atoms with Crippen molar-refractivity contribution in [2.45, 2.75) is 6.10 Å². The number of carbonyl (C=O) groups excluding carboxylic acids is 1. The number of carbonyl (C=O) groups is 3. The third-order valence-electron chi connectivity index (χ3n) is 3.59. The van der Waals surface area contributed by atoms with Crippen LogP contribution in [-0.2, 0) is 9.59 Å². The van der Waals surface area contributed by atoms with E-state index in [2.05, 4.69) is 14.9 Å². The highest BCUT2D eigenvalue weighted by atomic mass is 16.3. The first-order chi connectivity index (χ1) is 13.3. The maximum atomic E-state index is 12.3. The molecule has 2 heterocycles. The number of piperazine rings is 1. The van der Waals surface area contributed by atoms with Crippen LogP contribution in [0.1, 0.15) is 10.5 Å². The summed E-state index contributed by atoms with van der Waals surface area (Å²) in [6.45, 7) is 3.29. The lowest BCUT2D eigenvalue weighted by atomic mass is 10.2. The van der Waals surface area contributed by atoms with Gasteiger partial charge in [0.15, 0.2) is 0 Å². The summed E-state index contributed by atoms with van der Waals surface area (Å²) in [5.41, 5.74) is -0.162. The second-order valence-electron chi connectivity index (χ2n) is 6.03. The van der Waals surface area contributed by atoms with E-state index in [1.165, 1.54) is 6.20 Å². The summed E-state index contributed by atoms with van der Waals surface area (Å²) in [6.07, 6.45) is 2.12. The summed E-state index contributed by atoms with van der Waals surface area (Å²) >= 11 is 0. The van der Waals surface area contributed by atoms with Crippen LogP contribution in [0.3, 0.4) is 0 Å². The molecule has 0 aromatic carbocycles. The monoisotopic (exact) mass is 401 g/mol. The molecule has 1 atom stereocenters. The van der Waals surface area contributed by atoms with E-state index in [0.717, 1.165) is 6.20 Å². The van der Waals surface area contributed by atoms with Crippen molar-refractivity contribution in [3.63, 3.8) is 0 Å². The van der Waals surface area contributed by atoms with E-state index in [9.17, 15) is 14.7 Å². The molecule has 1 fully saturated rings. The number of hydrogen-bond donors (Lipinski definition) is 4. The van der Waals surface area contributed by atoms with Gasteiger partial charge in [0.05, 0.1) is 18.5 Å². The summed E-state index contributed by atoms with van der Waals surface area (Å²) in [7, 11) is 3.85. The van der Waals surface area contributed by atoms with Crippen LogP contribution < -0.4 is 5.56 Å². The van der Waals surface area contributed by atoms with Gasteiger partial charge >= 0.3 is 0 Å². The Bertz CT molecular complexity index is 638. The summed E-state index contributed by atoms with van der Waals surface area (Å²) in [5, 5.41) is 23.7. The predicted molar refractivity (Wildman–Crippen MR) is 99.1 cm³/mol. The van der Waals surface area contributed by atoms with Crippen molar-refractivity contribution in [3.05, 3.63) is 28.4 Å². The third kappa shape index (κ3) is 10.4. The van der Waals surface area contributed by atoms with E-state index in [0.29, 0.717) is 39.3 Å². The Kier molecular flexibility index (Phi) is 12.8. The molecule has 0 radical (unpaired) electrons. The maximum Gasteiger partial charge on any atom is 0.290 e. The molecule has 1 saturated heterocycles. The van der Waals surface area contributed by atoms with E-state index in [4.69, 9.17) is 19.8 Å². The number of hydrogen-bond acceptors (Lipinski definition) is 8. The molecule has 1 aromatic rings. The number of amides is 1. The number of β-amino-alcohol motifs (C(OH)–C–C–N with tert-alkyl or cyclic N) is 1. The Morgan fingerprint density at radius 1 is 1.21 bits per heavy atom. The Morgan fingerprint density at radius 3 is 2.21 bits per heavy atom. The lowest BCUT2D eigenvalue weighted by molar-refractivity contribution is -0.123. The summed E-state index contributed by atoms with van der Waals surface area (Å²) in [6, 6.07) is 0. The van der Waals surface area contributed by atoms with Gasteiger partial charge in [-0.05, 0) is 14.1 Å². The molecular weight excluding hydrogens is 374 g/mol. The molecule has 4 N–H and O–H groups in total. The van der Waals surface area contributed by atoms with E-state index in [-0.39, 0.29) is 30.1 Å². The van der Waals surface area contributed by atoms with Gasteiger partial charge in [-0.1, -0.05) is 0 Å². The average molecular weight is 401 g/mol. The average Bonchev–Trinajstić information content (AvgIpc) is 2.62. The molecule has 1 aliphatic heterocycles. The van der Waals surface area contributed by atoms with Crippen molar-refractivity contribution in [1.29, 1.82) is 0 Å². The molecule has 158 valence electrons. The Morgan fingerprint density at radius 2 is 1.75 bits per heavy atom. The highest BCUT2D eigenvalue weighted by Crippen LogP contribution is 2.06. The van der Waals surface area contributed by atoms with Gasteiger partial charge in [-0.25, -0.2) is 0 Å². The molecule has 28 heavy (non-hydrogen) atoms. The minimum Gasteiger partial charge on any atom is -0.483 e. The van der Waals surface area contributed by atoms with Gasteiger partial charge in [-0.3, -0.25) is 29.1 Å². The van der Waals surface area contributed by atoms with Crippen LogP contribution in [0.5, 0.6) is 0 Å². The zero-order chi connectivity index (χ0) is 21.5. The number of aromatic nitrogens is 2. The van der Waals surface area contributed by atoms with E-state index in [1.807, 2.05) is 19.0 Å². The SMILES string of the molecule is CN(C)CC(O)CN1CCN(C(=O)c2cncc(=O)[nH]2)CC1.O=CO.O=CO. The van der Waals surface area contributed by atoms with E-state index < -0.39 is 6.10 Å². The highest BCUT2D eigenvalue weighted by molar-refractivity contribution is 5.92. The first-order valence-electron chi connectivity index (χ1n) is 8.33. The molecular formula is C16H27N5O7. The fourth-order valence-electron chi connectivity index (χ4n) is 2.57. The Hall–Kier alpha value is -2.83. The largest absolute Gasteiger partial charge is 0.483 e. The van der Waals surface area contributed by atoms with Crippen LogP contribution in [0.2, 0.25) is 0 Å². The summed E-state index contributed by atoms with van der Waals surface area (Å²) in [4.78, 5) is 52.2. The fourth-order valence-corrected chi connectivity index (χ4v) is 2.57. The molecule has 12 nitrogen and oxygen atoms in total. The van der Waals surface area contributed by atoms with Gasteiger partial charge in [0.2, 0.25) is 0 Å². The van der Waals surface area contributed by atoms with Crippen LogP contribution in [0.4, 0.5) is 0 Å². The topological polar surface area (TPSA) is 167 Å².